The lowest BCUT2D eigenvalue weighted by atomic mass is 10.1. The van der Waals surface area contributed by atoms with Crippen LogP contribution >= 0.6 is 27.7 Å². The molecule has 0 N–H and O–H groups in total. The number of methoxy groups -OCH3 is 1. The van der Waals surface area contributed by atoms with Crippen molar-refractivity contribution in [3.05, 3.63) is 52.1 Å². The number of rotatable bonds is 4. The third kappa shape index (κ3) is 3.72. The lowest BCUT2D eigenvalue weighted by Crippen LogP contribution is -1.92. The molecule has 1 aromatic carbocycles. The first-order valence-corrected chi connectivity index (χ1v) is 7.32. The van der Waals surface area contributed by atoms with Crippen LogP contribution in [0.3, 0.4) is 0 Å². The van der Waals surface area contributed by atoms with Crippen LogP contribution < -0.4 is 4.74 Å². The van der Waals surface area contributed by atoms with Crippen molar-refractivity contribution in [2.75, 3.05) is 7.11 Å². The van der Waals surface area contributed by atoms with Gasteiger partial charge in [-0.25, -0.2) is 4.98 Å². The monoisotopic (exact) mass is 334 g/mol. The van der Waals surface area contributed by atoms with E-state index in [4.69, 9.17) is 10.00 Å². The fourth-order valence-corrected chi connectivity index (χ4v) is 2.62. The molecule has 1 heterocycles. The molecule has 96 valence electrons. The van der Waals surface area contributed by atoms with Crippen molar-refractivity contribution in [3.8, 4) is 11.8 Å². The van der Waals surface area contributed by atoms with Gasteiger partial charge in [0.05, 0.1) is 23.8 Å². The van der Waals surface area contributed by atoms with Gasteiger partial charge in [0, 0.05) is 22.0 Å². The molecule has 0 aliphatic carbocycles. The molecule has 0 amide bonds. The van der Waals surface area contributed by atoms with Gasteiger partial charge in [0.25, 0.3) is 0 Å². The highest BCUT2D eigenvalue weighted by atomic mass is 79.9. The van der Waals surface area contributed by atoms with Crippen molar-refractivity contribution >= 4 is 27.7 Å². The molecule has 0 aliphatic rings. The molecular weight excluding hydrogens is 324 g/mol. The fourth-order valence-electron chi connectivity index (χ4n) is 1.56. The maximum atomic E-state index is 8.93. The van der Waals surface area contributed by atoms with Gasteiger partial charge < -0.3 is 4.74 Å². The molecule has 0 unspecified atom stereocenters. The predicted octanol–water partition coefficient (Wildman–Crippen LogP) is 4.02. The van der Waals surface area contributed by atoms with Gasteiger partial charge in [-0.3, -0.25) is 0 Å². The molecule has 3 nitrogen and oxygen atoms in total. The Morgan fingerprint density at radius 2 is 2.21 bits per heavy atom. The second kappa shape index (κ2) is 6.60. The summed E-state index contributed by atoms with van der Waals surface area (Å²) in [7, 11) is 1.63. The molecule has 2 aromatic rings. The van der Waals surface area contributed by atoms with Crippen LogP contribution in [-0.2, 0) is 5.75 Å². The molecule has 0 saturated carbocycles. The van der Waals surface area contributed by atoms with Crippen LogP contribution in [0.25, 0.3) is 0 Å². The molecule has 0 bridgehead atoms. The van der Waals surface area contributed by atoms with Gasteiger partial charge >= 0.3 is 0 Å². The summed E-state index contributed by atoms with van der Waals surface area (Å²) in [6, 6.07) is 11.5. The van der Waals surface area contributed by atoms with E-state index in [0.29, 0.717) is 11.3 Å². The van der Waals surface area contributed by atoms with E-state index < -0.39 is 0 Å². The Bertz CT molecular complexity index is 608. The van der Waals surface area contributed by atoms with E-state index in [2.05, 4.69) is 27.0 Å². The van der Waals surface area contributed by atoms with Crippen molar-refractivity contribution in [2.24, 2.45) is 0 Å². The van der Waals surface area contributed by atoms with Crippen LogP contribution in [0.1, 0.15) is 11.1 Å². The third-order valence-electron chi connectivity index (χ3n) is 2.49. The predicted molar refractivity (Wildman–Crippen MR) is 79.2 cm³/mol. The third-order valence-corrected chi connectivity index (χ3v) is 3.95. The Labute approximate surface area is 124 Å². The summed E-state index contributed by atoms with van der Waals surface area (Å²) in [6.07, 6.45) is 1.77. The number of ether oxygens (including phenoxy) is 1. The normalized spacial score (nSPS) is 9.95. The largest absolute Gasteiger partial charge is 0.496 e. The minimum Gasteiger partial charge on any atom is -0.496 e. The highest BCUT2D eigenvalue weighted by molar-refractivity contribution is 9.10. The smallest absolute Gasteiger partial charge is 0.122 e. The lowest BCUT2D eigenvalue weighted by molar-refractivity contribution is 0.411. The zero-order chi connectivity index (χ0) is 13.7. The van der Waals surface area contributed by atoms with Crippen molar-refractivity contribution in [1.82, 2.24) is 4.98 Å². The van der Waals surface area contributed by atoms with Gasteiger partial charge in [-0.15, -0.1) is 11.8 Å². The summed E-state index contributed by atoms with van der Waals surface area (Å²) in [5, 5.41) is 9.86. The van der Waals surface area contributed by atoms with Crippen molar-refractivity contribution in [2.45, 2.75) is 10.8 Å². The molecule has 1 aromatic heterocycles. The Morgan fingerprint density at radius 3 is 2.84 bits per heavy atom. The van der Waals surface area contributed by atoms with Crippen LogP contribution in [0.2, 0.25) is 0 Å². The van der Waals surface area contributed by atoms with E-state index >= 15 is 0 Å². The zero-order valence-corrected chi connectivity index (χ0v) is 12.7. The number of hydrogen-bond donors (Lipinski definition) is 0. The number of pyridine rings is 1. The van der Waals surface area contributed by atoms with Crippen LogP contribution in [-0.4, -0.2) is 12.1 Å². The molecule has 0 radical (unpaired) electrons. The fraction of sp³-hybridized carbons (Fsp3) is 0.143. The molecule has 19 heavy (non-hydrogen) atoms. The summed E-state index contributed by atoms with van der Waals surface area (Å²) >= 11 is 4.96. The van der Waals surface area contributed by atoms with Crippen molar-refractivity contribution in [1.29, 1.82) is 5.26 Å². The first-order chi connectivity index (χ1) is 9.22. The zero-order valence-electron chi connectivity index (χ0n) is 10.3. The maximum absolute atomic E-state index is 8.93. The highest BCUT2D eigenvalue weighted by Gasteiger charge is 2.06. The molecular formula is C14H11BrN2OS. The van der Waals surface area contributed by atoms with Gasteiger partial charge in [0.15, 0.2) is 0 Å². The van der Waals surface area contributed by atoms with E-state index in [1.54, 1.807) is 31.1 Å². The summed E-state index contributed by atoms with van der Waals surface area (Å²) in [6.45, 7) is 0. The number of hydrogen-bond acceptors (Lipinski definition) is 4. The van der Waals surface area contributed by atoms with E-state index in [1.807, 2.05) is 24.3 Å². The van der Waals surface area contributed by atoms with Crippen molar-refractivity contribution in [3.63, 3.8) is 0 Å². The van der Waals surface area contributed by atoms with Gasteiger partial charge in [0.1, 0.15) is 5.75 Å². The summed E-state index contributed by atoms with van der Waals surface area (Å²) in [5.41, 5.74) is 1.64. The minimum absolute atomic E-state index is 0.639. The first kappa shape index (κ1) is 13.9. The molecule has 2 rings (SSSR count). The molecule has 0 spiro atoms. The molecule has 0 aliphatic heterocycles. The molecule has 0 fully saturated rings. The summed E-state index contributed by atoms with van der Waals surface area (Å²) in [4.78, 5) is 4.30. The first-order valence-electron chi connectivity index (χ1n) is 5.54. The lowest BCUT2D eigenvalue weighted by Gasteiger charge is -2.08. The number of nitriles is 1. The average Bonchev–Trinajstić information content (AvgIpc) is 2.46. The molecule has 0 saturated heterocycles. The van der Waals surface area contributed by atoms with Crippen molar-refractivity contribution < 1.29 is 4.74 Å². The van der Waals surface area contributed by atoms with Gasteiger partial charge in [-0.1, -0.05) is 0 Å². The van der Waals surface area contributed by atoms with Gasteiger partial charge in [0.2, 0.25) is 0 Å². The standard InChI is InChI=1S/C14H11BrN2OS/c1-18-13-4-2-10(7-16)6-11(13)9-19-14-5-3-12(15)8-17-14/h2-6,8H,9H2,1H3. The molecule has 5 heteroatoms. The van der Waals surface area contributed by atoms with Crippen LogP contribution in [0.4, 0.5) is 0 Å². The Kier molecular flexibility index (Phi) is 4.83. The summed E-state index contributed by atoms with van der Waals surface area (Å²) < 4.78 is 6.26. The van der Waals surface area contributed by atoms with Crippen LogP contribution in [0.15, 0.2) is 46.0 Å². The van der Waals surface area contributed by atoms with Crippen LogP contribution in [0.5, 0.6) is 5.75 Å². The number of thioether (sulfide) groups is 1. The SMILES string of the molecule is COc1ccc(C#N)cc1CSc1ccc(Br)cn1. The Morgan fingerprint density at radius 1 is 1.37 bits per heavy atom. The van der Waals surface area contributed by atoms with E-state index in [1.165, 1.54) is 0 Å². The number of benzene rings is 1. The Balaban J connectivity index is 2.14. The van der Waals surface area contributed by atoms with Gasteiger partial charge in [-0.05, 0) is 46.3 Å². The van der Waals surface area contributed by atoms with E-state index in [9.17, 15) is 0 Å². The second-order valence-corrected chi connectivity index (χ2v) is 5.65. The number of aromatic nitrogens is 1. The average molecular weight is 335 g/mol. The van der Waals surface area contributed by atoms with Crippen LogP contribution in [0, 0.1) is 11.3 Å². The molecule has 0 atom stereocenters. The topological polar surface area (TPSA) is 45.9 Å². The summed E-state index contributed by atoms with van der Waals surface area (Å²) in [5.74, 6) is 1.51. The van der Waals surface area contributed by atoms with E-state index in [0.717, 1.165) is 20.8 Å². The van der Waals surface area contributed by atoms with Gasteiger partial charge in [-0.2, -0.15) is 5.26 Å². The number of nitrogens with zero attached hydrogens (tertiary/aromatic N) is 2. The quantitative estimate of drug-likeness (QED) is 0.792. The van der Waals surface area contributed by atoms with E-state index in [-0.39, 0.29) is 0 Å². The number of halogens is 1. The Hall–Kier alpha value is -1.51. The highest BCUT2D eigenvalue weighted by Crippen LogP contribution is 2.28. The second-order valence-electron chi connectivity index (χ2n) is 3.74. The minimum atomic E-state index is 0.639. The maximum Gasteiger partial charge on any atom is 0.122 e.